The minimum Gasteiger partial charge on any atom is -0.377 e. The first-order valence-electron chi connectivity index (χ1n) is 8.86. The quantitative estimate of drug-likeness (QED) is 0.836. The molecule has 1 saturated heterocycles. The number of hydrogen-bond acceptors (Lipinski definition) is 5. The normalized spacial score (nSPS) is 30.5. The Bertz CT molecular complexity index is 463. The van der Waals surface area contributed by atoms with Gasteiger partial charge in [-0.25, -0.2) is 0 Å². The maximum Gasteiger partial charge on any atom is 0.231 e. The molecule has 2 heterocycles. The summed E-state index contributed by atoms with van der Waals surface area (Å²) in [5.74, 6) is 2.67. The Hall–Kier alpha value is -0.940. The van der Waals surface area contributed by atoms with Gasteiger partial charge in [-0.15, -0.1) is 0 Å². The molecule has 0 radical (unpaired) electrons. The van der Waals surface area contributed by atoms with E-state index < -0.39 is 0 Å². The smallest absolute Gasteiger partial charge is 0.231 e. The fourth-order valence-corrected chi connectivity index (χ4v) is 3.80. The molecule has 3 rings (SSSR count). The summed E-state index contributed by atoms with van der Waals surface area (Å²) in [6, 6.07) is 0. The molecule has 22 heavy (non-hydrogen) atoms. The van der Waals surface area contributed by atoms with Crippen molar-refractivity contribution in [3.8, 4) is 0 Å². The van der Waals surface area contributed by atoms with Gasteiger partial charge in [-0.3, -0.25) is 0 Å². The van der Waals surface area contributed by atoms with Crippen LogP contribution in [0.25, 0.3) is 0 Å². The number of piperidine rings is 1. The molecule has 124 valence electrons. The van der Waals surface area contributed by atoms with Crippen LogP contribution >= 0.6 is 0 Å². The summed E-state index contributed by atoms with van der Waals surface area (Å²) in [6.45, 7) is 8.27. The Morgan fingerprint density at radius 3 is 2.86 bits per heavy atom. The SMILES string of the molecule is Cc1noc(C2CCCN(CCOC3CCCCC3C)C2)n1. The number of aryl methyl sites for hydroxylation is 1. The molecule has 1 aliphatic carbocycles. The predicted octanol–water partition coefficient (Wildman–Crippen LogP) is 3.15. The second kappa shape index (κ2) is 7.55. The van der Waals surface area contributed by atoms with Crippen molar-refractivity contribution in [2.75, 3.05) is 26.2 Å². The summed E-state index contributed by atoms with van der Waals surface area (Å²) >= 11 is 0. The maximum atomic E-state index is 6.15. The monoisotopic (exact) mass is 307 g/mol. The number of hydrogen-bond donors (Lipinski definition) is 0. The standard InChI is InChI=1S/C17H29N3O2/c1-13-6-3-4-8-16(13)21-11-10-20-9-5-7-15(12-20)17-18-14(2)19-22-17/h13,15-16H,3-12H2,1-2H3. The third-order valence-electron chi connectivity index (χ3n) is 5.17. The van der Waals surface area contributed by atoms with Crippen molar-refractivity contribution in [2.24, 2.45) is 5.92 Å². The van der Waals surface area contributed by atoms with Crippen LogP contribution in [0.3, 0.4) is 0 Å². The Kier molecular flexibility index (Phi) is 5.47. The zero-order chi connectivity index (χ0) is 15.4. The zero-order valence-electron chi connectivity index (χ0n) is 14.0. The molecular formula is C17H29N3O2. The van der Waals surface area contributed by atoms with Crippen LogP contribution in [0, 0.1) is 12.8 Å². The lowest BCUT2D eigenvalue weighted by Gasteiger charge is -2.33. The average Bonchev–Trinajstić information content (AvgIpc) is 2.96. The third-order valence-corrected chi connectivity index (χ3v) is 5.17. The number of nitrogens with zero attached hydrogens (tertiary/aromatic N) is 3. The van der Waals surface area contributed by atoms with E-state index in [1.54, 1.807) is 0 Å². The van der Waals surface area contributed by atoms with Crippen LogP contribution in [0.15, 0.2) is 4.52 Å². The van der Waals surface area contributed by atoms with Gasteiger partial charge in [-0.2, -0.15) is 4.98 Å². The van der Waals surface area contributed by atoms with Crippen LogP contribution in [0.5, 0.6) is 0 Å². The molecule has 0 aromatic carbocycles. The van der Waals surface area contributed by atoms with Gasteiger partial charge in [0.05, 0.1) is 18.6 Å². The first-order valence-corrected chi connectivity index (χ1v) is 8.86. The largest absolute Gasteiger partial charge is 0.377 e. The molecule has 3 unspecified atom stereocenters. The van der Waals surface area contributed by atoms with Gasteiger partial charge in [0.15, 0.2) is 5.82 Å². The van der Waals surface area contributed by atoms with E-state index >= 15 is 0 Å². The third kappa shape index (κ3) is 4.07. The van der Waals surface area contributed by atoms with Crippen molar-refractivity contribution in [2.45, 2.75) is 64.4 Å². The van der Waals surface area contributed by atoms with E-state index in [9.17, 15) is 0 Å². The van der Waals surface area contributed by atoms with E-state index in [2.05, 4.69) is 22.0 Å². The van der Waals surface area contributed by atoms with Gasteiger partial charge in [0, 0.05) is 13.1 Å². The molecule has 2 fully saturated rings. The van der Waals surface area contributed by atoms with Gasteiger partial charge in [0.2, 0.25) is 5.89 Å². The summed E-state index contributed by atoms with van der Waals surface area (Å²) in [4.78, 5) is 6.88. The first kappa shape index (κ1) is 15.9. The predicted molar refractivity (Wildman–Crippen MR) is 84.8 cm³/mol. The van der Waals surface area contributed by atoms with Crippen molar-refractivity contribution < 1.29 is 9.26 Å². The molecule has 1 saturated carbocycles. The highest BCUT2D eigenvalue weighted by Crippen LogP contribution is 2.27. The zero-order valence-corrected chi connectivity index (χ0v) is 14.0. The van der Waals surface area contributed by atoms with Gasteiger partial charge >= 0.3 is 0 Å². The Labute approximate surface area is 133 Å². The molecule has 0 bridgehead atoms. The van der Waals surface area contributed by atoms with Crippen molar-refractivity contribution in [1.82, 2.24) is 15.0 Å². The van der Waals surface area contributed by atoms with Gasteiger partial charge in [-0.1, -0.05) is 24.9 Å². The molecule has 0 amide bonds. The minimum atomic E-state index is 0.392. The molecule has 2 aliphatic rings. The van der Waals surface area contributed by atoms with Crippen LogP contribution in [0.4, 0.5) is 0 Å². The van der Waals surface area contributed by atoms with Crippen molar-refractivity contribution >= 4 is 0 Å². The second-order valence-electron chi connectivity index (χ2n) is 6.99. The number of likely N-dealkylation sites (tertiary alicyclic amines) is 1. The van der Waals surface area contributed by atoms with Crippen LogP contribution in [-0.4, -0.2) is 47.4 Å². The Morgan fingerprint density at radius 2 is 2.09 bits per heavy atom. The maximum absolute atomic E-state index is 6.15. The van der Waals surface area contributed by atoms with Crippen molar-refractivity contribution in [3.63, 3.8) is 0 Å². The molecule has 0 spiro atoms. The molecule has 1 aromatic heterocycles. The van der Waals surface area contributed by atoms with Gasteiger partial charge in [0.25, 0.3) is 0 Å². The lowest BCUT2D eigenvalue weighted by molar-refractivity contribution is -0.0163. The van der Waals surface area contributed by atoms with E-state index in [0.717, 1.165) is 50.3 Å². The summed E-state index contributed by atoms with van der Waals surface area (Å²) in [5, 5.41) is 3.92. The van der Waals surface area contributed by atoms with Crippen LogP contribution in [0.1, 0.15) is 63.1 Å². The minimum absolute atomic E-state index is 0.392. The van der Waals surface area contributed by atoms with Crippen LogP contribution < -0.4 is 0 Å². The average molecular weight is 307 g/mol. The molecule has 0 N–H and O–H groups in total. The molecular weight excluding hydrogens is 278 g/mol. The van der Waals surface area contributed by atoms with E-state index in [0.29, 0.717) is 12.0 Å². The lowest BCUT2D eigenvalue weighted by atomic mass is 9.88. The number of aromatic nitrogens is 2. The Balaban J connectivity index is 1.42. The molecule has 1 aromatic rings. The van der Waals surface area contributed by atoms with E-state index in [1.165, 1.54) is 32.1 Å². The summed E-state index contributed by atoms with van der Waals surface area (Å²) in [6.07, 6.45) is 8.10. The van der Waals surface area contributed by atoms with Gasteiger partial charge in [0.1, 0.15) is 0 Å². The molecule has 3 atom stereocenters. The summed E-state index contributed by atoms with van der Waals surface area (Å²) in [7, 11) is 0. The highest BCUT2D eigenvalue weighted by molar-refractivity contribution is 4.96. The highest BCUT2D eigenvalue weighted by atomic mass is 16.5. The summed E-state index contributed by atoms with van der Waals surface area (Å²) < 4.78 is 11.5. The topological polar surface area (TPSA) is 51.4 Å². The Morgan fingerprint density at radius 1 is 1.23 bits per heavy atom. The van der Waals surface area contributed by atoms with Crippen molar-refractivity contribution in [1.29, 1.82) is 0 Å². The molecule has 1 aliphatic heterocycles. The van der Waals surface area contributed by atoms with Gasteiger partial charge in [-0.05, 0) is 45.1 Å². The van der Waals surface area contributed by atoms with E-state index in [-0.39, 0.29) is 0 Å². The van der Waals surface area contributed by atoms with E-state index in [4.69, 9.17) is 9.26 Å². The van der Waals surface area contributed by atoms with Gasteiger partial charge < -0.3 is 14.2 Å². The first-order chi connectivity index (χ1) is 10.7. The fraction of sp³-hybridized carbons (Fsp3) is 0.882. The van der Waals surface area contributed by atoms with Crippen LogP contribution in [-0.2, 0) is 4.74 Å². The summed E-state index contributed by atoms with van der Waals surface area (Å²) in [5.41, 5.74) is 0. The molecule has 5 heteroatoms. The fourth-order valence-electron chi connectivity index (χ4n) is 3.80. The van der Waals surface area contributed by atoms with Crippen LogP contribution in [0.2, 0.25) is 0 Å². The highest BCUT2D eigenvalue weighted by Gasteiger charge is 2.26. The van der Waals surface area contributed by atoms with Crippen molar-refractivity contribution in [3.05, 3.63) is 11.7 Å². The lowest BCUT2D eigenvalue weighted by Crippen LogP contribution is -2.38. The number of ether oxygens (including phenoxy) is 1. The number of rotatable bonds is 5. The second-order valence-corrected chi connectivity index (χ2v) is 6.99. The molecule has 5 nitrogen and oxygen atoms in total. The van der Waals surface area contributed by atoms with E-state index in [1.807, 2.05) is 6.92 Å².